The minimum Gasteiger partial charge on any atom is -0.343 e. The van der Waals surface area contributed by atoms with E-state index in [0.29, 0.717) is 5.92 Å². The standard InChI is InChI=1S/C10H17NO2/c1-7(2)5-8-9(6-11)13-10(3,4)12-8/h7-9H,5H2,1-4H3/t8-,9+/m0/s1. The van der Waals surface area contributed by atoms with Crippen molar-refractivity contribution in [2.45, 2.75) is 52.1 Å². The van der Waals surface area contributed by atoms with Gasteiger partial charge in [0.25, 0.3) is 0 Å². The van der Waals surface area contributed by atoms with E-state index < -0.39 is 11.9 Å². The summed E-state index contributed by atoms with van der Waals surface area (Å²) in [5, 5.41) is 8.83. The second-order valence-corrected chi connectivity index (χ2v) is 4.35. The Morgan fingerprint density at radius 3 is 2.46 bits per heavy atom. The molecule has 0 saturated carbocycles. The predicted molar refractivity (Wildman–Crippen MR) is 48.9 cm³/mol. The Kier molecular flexibility index (Phi) is 2.94. The molecule has 1 heterocycles. The highest BCUT2D eigenvalue weighted by atomic mass is 16.7. The number of hydrogen-bond acceptors (Lipinski definition) is 3. The maximum absolute atomic E-state index is 8.83. The maximum atomic E-state index is 8.83. The van der Waals surface area contributed by atoms with Gasteiger partial charge in [0, 0.05) is 0 Å². The summed E-state index contributed by atoms with van der Waals surface area (Å²) in [5.41, 5.74) is 0. The summed E-state index contributed by atoms with van der Waals surface area (Å²) in [6.45, 7) is 7.92. The van der Waals surface area contributed by atoms with E-state index in [1.807, 2.05) is 13.8 Å². The molecule has 0 amide bonds. The molecule has 0 radical (unpaired) electrons. The lowest BCUT2D eigenvalue weighted by Crippen LogP contribution is -2.22. The van der Waals surface area contributed by atoms with Gasteiger partial charge in [-0.1, -0.05) is 13.8 Å². The highest BCUT2D eigenvalue weighted by Crippen LogP contribution is 2.30. The third-order valence-corrected chi connectivity index (χ3v) is 2.01. The van der Waals surface area contributed by atoms with Crippen molar-refractivity contribution >= 4 is 0 Å². The Balaban J connectivity index is 2.60. The van der Waals surface area contributed by atoms with Crippen LogP contribution in [0.15, 0.2) is 0 Å². The van der Waals surface area contributed by atoms with Crippen molar-refractivity contribution in [2.75, 3.05) is 0 Å². The Hall–Kier alpha value is -0.590. The Bertz CT molecular complexity index is 217. The molecule has 1 aliphatic heterocycles. The molecule has 1 fully saturated rings. The summed E-state index contributed by atoms with van der Waals surface area (Å²) in [4.78, 5) is 0. The van der Waals surface area contributed by atoms with Crippen molar-refractivity contribution in [3.05, 3.63) is 0 Å². The van der Waals surface area contributed by atoms with Crippen LogP contribution in [-0.2, 0) is 9.47 Å². The molecule has 0 spiro atoms. The van der Waals surface area contributed by atoms with E-state index in [1.54, 1.807) is 0 Å². The van der Waals surface area contributed by atoms with Crippen LogP contribution in [0.25, 0.3) is 0 Å². The second kappa shape index (κ2) is 3.65. The van der Waals surface area contributed by atoms with E-state index in [0.717, 1.165) is 6.42 Å². The van der Waals surface area contributed by atoms with Crippen molar-refractivity contribution in [1.82, 2.24) is 0 Å². The first-order valence-electron chi connectivity index (χ1n) is 4.70. The molecule has 0 bridgehead atoms. The lowest BCUT2D eigenvalue weighted by molar-refractivity contribution is -0.143. The van der Waals surface area contributed by atoms with Crippen molar-refractivity contribution in [2.24, 2.45) is 5.92 Å². The molecular weight excluding hydrogens is 166 g/mol. The fraction of sp³-hybridized carbons (Fsp3) is 0.900. The van der Waals surface area contributed by atoms with Crippen molar-refractivity contribution in [3.63, 3.8) is 0 Å². The van der Waals surface area contributed by atoms with Gasteiger partial charge in [-0.25, -0.2) is 0 Å². The number of rotatable bonds is 2. The van der Waals surface area contributed by atoms with Gasteiger partial charge in [0.05, 0.1) is 6.07 Å². The molecule has 74 valence electrons. The minimum absolute atomic E-state index is 0.0694. The fourth-order valence-corrected chi connectivity index (χ4v) is 1.58. The quantitative estimate of drug-likeness (QED) is 0.658. The molecule has 0 aromatic carbocycles. The topological polar surface area (TPSA) is 42.2 Å². The van der Waals surface area contributed by atoms with Crippen LogP contribution in [0.1, 0.15) is 34.1 Å². The summed E-state index contributed by atoms with van der Waals surface area (Å²) in [7, 11) is 0. The average Bonchev–Trinajstić information content (AvgIpc) is 2.24. The Labute approximate surface area is 79.6 Å². The van der Waals surface area contributed by atoms with Crippen LogP contribution in [0.3, 0.4) is 0 Å². The summed E-state index contributed by atoms with van der Waals surface area (Å²) < 4.78 is 11.0. The molecule has 3 nitrogen and oxygen atoms in total. The van der Waals surface area contributed by atoms with E-state index in [4.69, 9.17) is 14.7 Å². The number of nitriles is 1. The van der Waals surface area contributed by atoms with Crippen LogP contribution in [0.5, 0.6) is 0 Å². The van der Waals surface area contributed by atoms with Gasteiger partial charge in [-0.15, -0.1) is 0 Å². The maximum Gasteiger partial charge on any atom is 0.173 e. The third kappa shape index (κ3) is 2.68. The molecule has 1 aliphatic rings. The highest BCUT2D eigenvalue weighted by Gasteiger charge is 2.41. The third-order valence-electron chi connectivity index (χ3n) is 2.01. The molecule has 1 saturated heterocycles. The van der Waals surface area contributed by atoms with Crippen molar-refractivity contribution in [3.8, 4) is 6.07 Å². The van der Waals surface area contributed by atoms with E-state index in [9.17, 15) is 0 Å². The zero-order valence-electron chi connectivity index (χ0n) is 8.70. The first-order valence-corrected chi connectivity index (χ1v) is 4.70. The summed E-state index contributed by atoms with van der Waals surface area (Å²) in [6.07, 6.45) is 0.402. The average molecular weight is 183 g/mol. The Morgan fingerprint density at radius 1 is 1.38 bits per heavy atom. The molecule has 13 heavy (non-hydrogen) atoms. The largest absolute Gasteiger partial charge is 0.343 e. The number of nitrogens with zero attached hydrogens (tertiary/aromatic N) is 1. The highest BCUT2D eigenvalue weighted by molar-refractivity contribution is 4.96. The van der Waals surface area contributed by atoms with Gasteiger partial charge in [-0.05, 0) is 26.2 Å². The lowest BCUT2D eigenvalue weighted by Gasteiger charge is -2.17. The molecule has 1 rings (SSSR count). The predicted octanol–water partition coefficient (Wildman–Crippen LogP) is 2.08. The molecule has 0 aliphatic carbocycles. The van der Waals surface area contributed by atoms with E-state index in [1.165, 1.54) is 0 Å². The van der Waals surface area contributed by atoms with Crippen LogP contribution in [0.2, 0.25) is 0 Å². The second-order valence-electron chi connectivity index (χ2n) is 4.35. The molecule has 0 aromatic rings. The van der Waals surface area contributed by atoms with Crippen LogP contribution in [-0.4, -0.2) is 18.0 Å². The van der Waals surface area contributed by atoms with Gasteiger partial charge in [0.1, 0.15) is 6.10 Å². The van der Waals surface area contributed by atoms with Crippen LogP contribution >= 0.6 is 0 Å². The van der Waals surface area contributed by atoms with Crippen LogP contribution in [0.4, 0.5) is 0 Å². The minimum atomic E-state index is -0.597. The van der Waals surface area contributed by atoms with Gasteiger partial charge < -0.3 is 9.47 Å². The van der Waals surface area contributed by atoms with Gasteiger partial charge in [-0.3, -0.25) is 0 Å². The molecule has 0 N–H and O–H groups in total. The first-order chi connectivity index (χ1) is 5.94. The van der Waals surface area contributed by atoms with Gasteiger partial charge in [0.2, 0.25) is 0 Å². The zero-order valence-corrected chi connectivity index (χ0v) is 8.70. The van der Waals surface area contributed by atoms with Crippen molar-refractivity contribution < 1.29 is 9.47 Å². The first kappa shape index (κ1) is 10.5. The lowest BCUT2D eigenvalue weighted by atomic mass is 10.0. The summed E-state index contributed by atoms with van der Waals surface area (Å²) in [5.74, 6) is -0.0710. The molecule has 3 heteroatoms. The molecular formula is C10H17NO2. The normalized spacial score (nSPS) is 32.0. The van der Waals surface area contributed by atoms with E-state index in [-0.39, 0.29) is 6.10 Å². The number of ether oxygens (including phenoxy) is 2. The monoisotopic (exact) mass is 183 g/mol. The molecule has 0 aromatic heterocycles. The Morgan fingerprint density at radius 2 is 2.00 bits per heavy atom. The zero-order chi connectivity index (χ0) is 10.1. The van der Waals surface area contributed by atoms with Crippen LogP contribution < -0.4 is 0 Å². The van der Waals surface area contributed by atoms with Gasteiger partial charge >= 0.3 is 0 Å². The van der Waals surface area contributed by atoms with Gasteiger partial charge in [-0.2, -0.15) is 5.26 Å². The SMILES string of the molecule is CC(C)C[C@@H]1OC(C)(C)O[C@@H]1C#N. The van der Waals surface area contributed by atoms with E-state index in [2.05, 4.69) is 19.9 Å². The van der Waals surface area contributed by atoms with E-state index >= 15 is 0 Å². The molecule has 2 atom stereocenters. The summed E-state index contributed by atoms with van der Waals surface area (Å²) >= 11 is 0. The summed E-state index contributed by atoms with van der Waals surface area (Å²) in [6, 6.07) is 2.13. The van der Waals surface area contributed by atoms with Crippen LogP contribution in [0, 0.1) is 17.2 Å². The smallest absolute Gasteiger partial charge is 0.173 e. The van der Waals surface area contributed by atoms with Gasteiger partial charge in [0.15, 0.2) is 11.9 Å². The number of hydrogen-bond donors (Lipinski definition) is 0. The van der Waals surface area contributed by atoms with Crippen molar-refractivity contribution in [1.29, 1.82) is 5.26 Å². The fourth-order valence-electron chi connectivity index (χ4n) is 1.58. The molecule has 0 unspecified atom stereocenters.